The summed E-state index contributed by atoms with van der Waals surface area (Å²) >= 11 is 8.66. The van der Waals surface area contributed by atoms with Crippen molar-refractivity contribution in [2.75, 3.05) is 7.05 Å². The van der Waals surface area contributed by atoms with Gasteiger partial charge in [-0.05, 0) is 74.5 Å². The van der Waals surface area contributed by atoms with Crippen LogP contribution in [0.25, 0.3) is 11.8 Å². The van der Waals surface area contributed by atoms with E-state index in [0.717, 1.165) is 27.1 Å². The average molecular weight is 404 g/mol. The van der Waals surface area contributed by atoms with Gasteiger partial charge < -0.3 is 9.88 Å². The number of carbonyl (C=O) groups excluding carboxylic acids is 1. The minimum Gasteiger partial charge on any atom is -0.328 e. The van der Waals surface area contributed by atoms with Crippen molar-refractivity contribution in [1.82, 2.24) is 14.8 Å². The molecule has 2 heterocycles. The van der Waals surface area contributed by atoms with E-state index in [2.05, 4.69) is 70.9 Å². The van der Waals surface area contributed by atoms with E-state index in [9.17, 15) is 4.79 Å². The quantitative estimate of drug-likeness (QED) is 0.610. The third-order valence-electron chi connectivity index (χ3n) is 4.25. The normalized spacial score (nSPS) is 16.2. The van der Waals surface area contributed by atoms with Crippen LogP contribution in [0, 0.1) is 20.8 Å². The van der Waals surface area contributed by atoms with Crippen LogP contribution < -0.4 is 5.32 Å². The second-order valence-corrected chi connectivity index (χ2v) is 7.19. The Kier molecular flexibility index (Phi) is 4.36. The van der Waals surface area contributed by atoms with E-state index in [4.69, 9.17) is 12.2 Å². The van der Waals surface area contributed by atoms with Crippen LogP contribution in [0.4, 0.5) is 0 Å². The van der Waals surface area contributed by atoms with Crippen molar-refractivity contribution < 1.29 is 4.79 Å². The zero-order valence-electron chi connectivity index (χ0n) is 14.0. The number of nitrogens with zero attached hydrogens (tertiary/aromatic N) is 2. The molecule has 1 saturated heterocycles. The van der Waals surface area contributed by atoms with Crippen LogP contribution in [-0.2, 0) is 4.79 Å². The van der Waals surface area contributed by atoms with Gasteiger partial charge in [-0.3, -0.25) is 9.69 Å². The van der Waals surface area contributed by atoms with Gasteiger partial charge >= 0.3 is 0 Å². The molecule has 1 amide bonds. The molecule has 0 saturated carbocycles. The summed E-state index contributed by atoms with van der Waals surface area (Å²) in [6.45, 7) is 6.19. The molecule has 24 heavy (non-hydrogen) atoms. The summed E-state index contributed by atoms with van der Waals surface area (Å²) in [5.74, 6) is -0.107. The Morgan fingerprint density at radius 3 is 2.50 bits per heavy atom. The summed E-state index contributed by atoms with van der Waals surface area (Å²) < 4.78 is 3.28. The molecule has 1 aliphatic heterocycles. The van der Waals surface area contributed by atoms with Crippen LogP contribution in [0.5, 0.6) is 0 Å². The lowest BCUT2D eigenvalue weighted by Gasteiger charge is -2.11. The second kappa shape index (κ2) is 6.18. The summed E-state index contributed by atoms with van der Waals surface area (Å²) in [5, 5.41) is 3.40. The van der Waals surface area contributed by atoms with Crippen molar-refractivity contribution in [2.45, 2.75) is 20.8 Å². The SMILES string of the molecule is Cc1cc(-n2c(C)cc(/C=C3\NC(=S)N(C)C3=O)c2C)ccc1Br. The Labute approximate surface area is 155 Å². The molecule has 0 spiro atoms. The predicted molar refractivity (Wildman–Crippen MR) is 104 cm³/mol. The first-order chi connectivity index (χ1) is 11.3. The Bertz CT molecular complexity index is 898. The highest BCUT2D eigenvalue weighted by Gasteiger charge is 2.27. The molecule has 1 N–H and O–H groups in total. The summed E-state index contributed by atoms with van der Waals surface area (Å²) in [5.41, 5.74) is 5.99. The first-order valence-electron chi connectivity index (χ1n) is 7.56. The maximum atomic E-state index is 12.2. The van der Waals surface area contributed by atoms with E-state index >= 15 is 0 Å². The fourth-order valence-corrected chi connectivity index (χ4v) is 3.32. The lowest BCUT2D eigenvalue weighted by molar-refractivity contribution is -0.121. The topological polar surface area (TPSA) is 37.3 Å². The van der Waals surface area contributed by atoms with Gasteiger partial charge in [0, 0.05) is 28.6 Å². The molecular formula is C18H18BrN3OS. The Hall–Kier alpha value is -1.92. The monoisotopic (exact) mass is 403 g/mol. The van der Waals surface area contributed by atoms with Crippen LogP contribution >= 0.6 is 28.1 Å². The van der Waals surface area contributed by atoms with E-state index < -0.39 is 0 Å². The average Bonchev–Trinajstić information content (AvgIpc) is 2.94. The number of nitrogens with one attached hydrogen (secondary N) is 1. The van der Waals surface area contributed by atoms with E-state index in [1.165, 1.54) is 10.5 Å². The number of aromatic nitrogens is 1. The van der Waals surface area contributed by atoms with Crippen molar-refractivity contribution in [2.24, 2.45) is 0 Å². The molecule has 0 atom stereocenters. The number of halogens is 1. The number of hydrogen-bond acceptors (Lipinski definition) is 2. The minimum atomic E-state index is -0.107. The number of hydrogen-bond donors (Lipinski definition) is 1. The summed E-state index contributed by atoms with van der Waals surface area (Å²) in [4.78, 5) is 13.6. The highest BCUT2D eigenvalue weighted by atomic mass is 79.9. The summed E-state index contributed by atoms with van der Waals surface area (Å²) in [6, 6.07) is 8.35. The first kappa shape index (κ1) is 16.9. The molecule has 3 rings (SSSR count). The molecule has 0 radical (unpaired) electrons. The molecule has 0 bridgehead atoms. The van der Waals surface area contributed by atoms with Gasteiger partial charge in [-0.15, -0.1) is 0 Å². The molecule has 0 aliphatic carbocycles. The zero-order chi connectivity index (χ0) is 17.6. The van der Waals surface area contributed by atoms with Crippen molar-refractivity contribution >= 4 is 45.2 Å². The van der Waals surface area contributed by atoms with Gasteiger partial charge in [-0.2, -0.15) is 0 Å². The zero-order valence-corrected chi connectivity index (χ0v) is 16.4. The van der Waals surface area contributed by atoms with E-state index in [-0.39, 0.29) is 5.91 Å². The maximum Gasteiger partial charge on any atom is 0.276 e. The highest BCUT2D eigenvalue weighted by Crippen LogP contribution is 2.26. The lowest BCUT2D eigenvalue weighted by atomic mass is 10.2. The fraction of sp³-hybridized carbons (Fsp3) is 0.222. The first-order valence-corrected chi connectivity index (χ1v) is 8.76. The van der Waals surface area contributed by atoms with Crippen LogP contribution in [0.15, 0.2) is 34.4 Å². The van der Waals surface area contributed by atoms with Gasteiger partial charge in [0.1, 0.15) is 5.70 Å². The van der Waals surface area contributed by atoms with Crippen LogP contribution in [0.1, 0.15) is 22.5 Å². The molecule has 4 nitrogen and oxygen atoms in total. The predicted octanol–water partition coefficient (Wildman–Crippen LogP) is 3.85. The molecule has 6 heteroatoms. The van der Waals surface area contributed by atoms with Crippen LogP contribution in [-0.4, -0.2) is 27.5 Å². The van der Waals surface area contributed by atoms with E-state index in [1.807, 2.05) is 6.08 Å². The van der Waals surface area contributed by atoms with Gasteiger partial charge in [0.05, 0.1) is 0 Å². The Morgan fingerprint density at radius 1 is 1.21 bits per heavy atom. The molecule has 124 valence electrons. The minimum absolute atomic E-state index is 0.107. The van der Waals surface area contributed by atoms with Crippen molar-refractivity contribution in [1.29, 1.82) is 0 Å². The van der Waals surface area contributed by atoms with Gasteiger partial charge in [-0.25, -0.2) is 0 Å². The third-order valence-corrected chi connectivity index (χ3v) is 5.52. The number of amides is 1. The maximum absolute atomic E-state index is 12.2. The van der Waals surface area contributed by atoms with E-state index in [1.54, 1.807) is 7.05 Å². The summed E-state index contributed by atoms with van der Waals surface area (Å²) in [6.07, 6.45) is 1.86. The summed E-state index contributed by atoms with van der Waals surface area (Å²) in [7, 11) is 1.67. The molecular weight excluding hydrogens is 386 g/mol. The second-order valence-electron chi connectivity index (χ2n) is 5.95. The number of benzene rings is 1. The number of rotatable bonds is 2. The number of aryl methyl sites for hydroxylation is 2. The molecule has 2 aromatic rings. The highest BCUT2D eigenvalue weighted by molar-refractivity contribution is 9.10. The van der Waals surface area contributed by atoms with Crippen molar-refractivity contribution in [3.63, 3.8) is 0 Å². The van der Waals surface area contributed by atoms with Crippen LogP contribution in [0.3, 0.4) is 0 Å². The third kappa shape index (κ3) is 2.80. The number of thiocarbonyl (C=S) groups is 1. The Morgan fingerprint density at radius 2 is 1.92 bits per heavy atom. The molecule has 1 aromatic carbocycles. The molecule has 0 unspecified atom stereocenters. The van der Waals surface area contributed by atoms with Gasteiger partial charge in [0.25, 0.3) is 5.91 Å². The van der Waals surface area contributed by atoms with Gasteiger partial charge in [-0.1, -0.05) is 15.9 Å². The number of carbonyl (C=O) groups is 1. The number of likely N-dealkylation sites (N-methyl/N-ethyl adjacent to an activating group) is 1. The molecule has 1 aliphatic rings. The molecule has 1 fully saturated rings. The van der Waals surface area contributed by atoms with Crippen molar-refractivity contribution in [3.8, 4) is 5.69 Å². The van der Waals surface area contributed by atoms with Crippen LogP contribution in [0.2, 0.25) is 0 Å². The van der Waals surface area contributed by atoms with Gasteiger partial charge in [0.2, 0.25) is 0 Å². The largest absolute Gasteiger partial charge is 0.328 e. The molecule has 1 aromatic heterocycles. The standard InChI is InChI=1S/C18H18BrN3OS/c1-10-7-14(5-6-15(10)19)22-11(2)8-13(12(22)3)9-16-17(23)21(4)18(24)20-16/h5-9H,1-4H3,(H,20,24)/b16-9-. The fourth-order valence-electron chi connectivity index (χ4n) is 2.88. The van der Waals surface area contributed by atoms with Crippen molar-refractivity contribution in [3.05, 3.63) is 56.9 Å². The van der Waals surface area contributed by atoms with Gasteiger partial charge in [0.15, 0.2) is 5.11 Å². The Balaban J connectivity index is 2.06. The van der Waals surface area contributed by atoms with E-state index in [0.29, 0.717) is 10.8 Å². The smallest absolute Gasteiger partial charge is 0.276 e. The lowest BCUT2D eigenvalue weighted by Crippen LogP contribution is -2.25.